The highest BCUT2D eigenvalue weighted by atomic mass is 16.7. The van der Waals surface area contributed by atoms with Crippen molar-refractivity contribution in [2.24, 2.45) is 0 Å². The largest absolute Gasteiger partial charge is 0.514 e. The van der Waals surface area contributed by atoms with E-state index in [4.69, 9.17) is 9.31 Å². The fraction of sp³-hybridized carbons (Fsp3) is 0.647. The molecule has 1 amide bonds. The highest BCUT2D eigenvalue weighted by molar-refractivity contribution is 6.61. The summed E-state index contributed by atoms with van der Waals surface area (Å²) >= 11 is 0. The Hall–Kier alpha value is -1.60. The number of amides is 1. The van der Waals surface area contributed by atoms with Gasteiger partial charge in [0.1, 0.15) is 0 Å². The third-order valence-corrected chi connectivity index (χ3v) is 5.35. The van der Waals surface area contributed by atoms with Crippen LogP contribution in [0.25, 0.3) is 0 Å². The van der Waals surface area contributed by atoms with E-state index in [-0.39, 0.29) is 17.1 Å². The monoisotopic (exact) mass is 331 g/mol. The van der Waals surface area contributed by atoms with Gasteiger partial charge in [-0.1, -0.05) is 0 Å². The van der Waals surface area contributed by atoms with Crippen molar-refractivity contribution in [3.63, 3.8) is 0 Å². The molecular formula is C17H26BN3O3. The van der Waals surface area contributed by atoms with Gasteiger partial charge < -0.3 is 19.1 Å². The Kier molecular flexibility index (Phi) is 4.34. The number of hydrogen-bond donors (Lipinski definition) is 0. The molecule has 3 heterocycles. The smallest absolute Gasteiger partial charge is 0.398 e. The van der Waals surface area contributed by atoms with Gasteiger partial charge in [0.25, 0.3) is 0 Å². The molecule has 0 atom stereocenters. The molecule has 0 unspecified atom stereocenters. The van der Waals surface area contributed by atoms with E-state index in [0.29, 0.717) is 0 Å². The van der Waals surface area contributed by atoms with Crippen molar-refractivity contribution in [1.29, 1.82) is 0 Å². The van der Waals surface area contributed by atoms with Crippen LogP contribution in [0.2, 0.25) is 0 Å². The first-order chi connectivity index (χ1) is 11.2. The van der Waals surface area contributed by atoms with Gasteiger partial charge in [-0.25, -0.2) is 0 Å². The zero-order chi connectivity index (χ0) is 17.5. The minimum atomic E-state index is -0.451. The van der Waals surface area contributed by atoms with Crippen LogP contribution >= 0.6 is 0 Å². The number of aromatic nitrogens is 1. The molecule has 0 N–H and O–H groups in total. The molecule has 24 heavy (non-hydrogen) atoms. The number of nitrogens with zero attached hydrogens (tertiary/aromatic N) is 3. The number of piperazine rings is 1. The van der Waals surface area contributed by atoms with E-state index in [1.165, 1.54) is 0 Å². The zero-order valence-corrected chi connectivity index (χ0v) is 15.2. The predicted molar refractivity (Wildman–Crippen MR) is 94.4 cm³/mol. The third kappa shape index (κ3) is 3.15. The minimum absolute atomic E-state index is 0.141. The van der Waals surface area contributed by atoms with Crippen LogP contribution in [-0.4, -0.2) is 60.3 Å². The van der Waals surface area contributed by atoms with Crippen LogP contribution in [0.5, 0.6) is 0 Å². The predicted octanol–water partition coefficient (Wildman–Crippen LogP) is 1.05. The molecule has 0 aromatic carbocycles. The highest BCUT2D eigenvalue weighted by Crippen LogP contribution is 2.36. The van der Waals surface area contributed by atoms with Crippen molar-refractivity contribution in [1.82, 2.24) is 9.88 Å². The Morgan fingerprint density at radius 2 is 1.71 bits per heavy atom. The van der Waals surface area contributed by atoms with Crippen LogP contribution in [0.4, 0.5) is 5.69 Å². The lowest BCUT2D eigenvalue weighted by Gasteiger charge is -2.35. The molecule has 0 bridgehead atoms. The lowest BCUT2D eigenvalue weighted by Crippen LogP contribution is -2.48. The van der Waals surface area contributed by atoms with Gasteiger partial charge in [-0.2, -0.15) is 0 Å². The van der Waals surface area contributed by atoms with Gasteiger partial charge >= 0.3 is 7.12 Å². The van der Waals surface area contributed by atoms with Gasteiger partial charge in [0.05, 0.1) is 16.8 Å². The Balaban J connectivity index is 1.73. The molecular weight excluding hydrogens is 305 g/mol. The first-order valence-corrected chi connectivity index (χ1v) is 8.52. The summed E-state index contributed by atoms with van der Waals surface area (Å²) in [5, 5.41) is 0. The lowest BCUT2D eigenvalue weighted by molar-refractivity contribution is -0.129. The molecule has 2 fully saturated rings. The van der Waals surface area contributed by atoms with Gasteiger partial charge in [0.15, 0.2) is 0 Å². The normalized spacial score (nSPS) is 22.8. The van der Waals surface area contributed by atoms with E-state index >= 15 is 0 Å². The second-order valence-electron chi connectivity index (χ2n) is 7.52. The number of anilines is 1. The zero-order valence-electron chi connectivity index (χ0n) is 15.2. The van der Waals surface area contributed by atoms with E-state index in [2.05, 4.69) is 9.88 Å². The molecule has 0 radical (unpaired) electrons. The SMILES string of the molecule is CC(=O)N1CCN(c2ccnc(B3OC(C)(C)C(C)(C)O3)c2)CC1. The van der Waals surface area contributed by atoms with Crippen molar-refractivity contribution >= 4 is 24.3 Å². The molecule has 0 spiro atoms. The van der Waals surface area contributed by atoms with E-state index in [9.17, 15) is 4.79 Å². The quantitative estimate of drug-likeness (QED) is 0.759. The Morgan fingerprint density at radius 1 is 1.12 bits per heavy atom. The standard InChI is InChI=1S/C17H26BN3O3/c1-13(22)20-8-10-21(11-9-20)14-6-7-19-15(12-14)18-23-16(2,3)17(4,5)24-18/h6-7,12H,8-11H2,1-5H3. The second kappa shape index (κ2) is 6.04. The Morgan fingerprint density at radius 3 is 2.25 bits per heavy atom. The third-order valence-electron chi connectivity index (χ3n) is 5.35. The average molecular weight is 331 g/mol. The van der Waals surface area contributed by atoms with E-state index in [0.717, 1.165) is 37.5 Å². The van der Waals surface area contributed by atoms with Crippen LogP contribution in [0.1, 0.15) is 34.6 Å². The molecule has 130 valence electrons. The lowest BCUT2D eigenvalue weighted by atomic mass is 9.84. The molecule has 7 heteroatoms. The van der Waals surface area contributed by atoms with Crippen LogP contribution in [-0.2, 0) is 14.1 Å². The number of pyridine rings is 1. The molecule has 0 aliphatic carbocycles. The van der Waals surface area contributed by atoms with Crippen molar-refractivity contribution in [2.75, 3.05) is 31.1 Å². The van der Waals surface area contributed by atoms with Crippen molar-refractivity contribution in [3.8, 4) is 0 Å². The van der Waals surface area contributed by atoms with Crippen molar-refractivity contribution < 1.29 is 14.1 Å². The Labute approximate surface area is 144 Å². The van der Waals surface area contributed by atoms with E-state index in [1.54, 1.807) is 13.1 Å². The molecule has 2 aliphatic heterocycles. The van der Waals surface area contributed by atoms with E-state index in [1.807, 2.05) is 44.7 Å². The van der Waals surface area contributed by atoms with E-state index < -0.39 is 7.12 Å². The van der Waals surface area contributed by atoms with Crippen LogP contribution < -0.4 is 10.5 Å². The van der Waals surface area contributed by atoms with Gasteiger partial charge in [0.2, 0.25) is 5.91 Å². The number of rotatable bonds is 2. The minimum Gasteiger partial charge on any atom is -0.398 e. The van der Waals surface area contributed by atoms with Crippen molar-refractivity contribution in [3.05, 3.63) is 18.3 Å². The highest BCUT2D eigenvalue weighted by Gasteiger charge is 2.52. The van der Waals surface area contributed by atoms with Gasteiger partial charge in [-0.3, -0.25) is 9.78 Å². The fourth-order valence-corrected chi connectivity index (χ4v) is 3.01. The average Bonchev–Trinajstić information content (AvgIpc) is 2.76. The molecule has 1 aromatic heterocycles. The Bertz CT molecular complexity index is 611. The maximum absolute atomic E-state index is 11.5. The maximum Gasteiger partial charge on any atom is 0.514 e. The molecule has 3 rings (SSSR count). The summed E-state index contributed by atoms with van der Waals surface area (Å²) in [5.41, 5.74) is 1.14. The van der Waals surface area contributed by atoms with Gasteiger partial charge in [0, 0.05) is 45.0 Å². The first kappa shape index (κ1) is 17.2. The molecule has 0 saturated carbocycles. The molecule has 1 aromatic rings. The summed E-state index contributed by atoms with van der Waals surface area (Å²) < 4.78 is 12.2. The number of hydrogen-bond acceptors (Lipinski definition) is 5. The second-order valence-corrected chi connectivity index (χ2v) is 7.52. The summed E-state index contributed by atoms with van der Waals surface area (Å²) in [6, 6.07) is 4.03. The molecule has 2 aliphatic rings. The number of carbonyl (C=O) groups excluding carboxylic acids is 1. The van der Waals surface area contributed by atoms with Gasteiger partial charge in [-0.05, 0) is 39.8 Å². The first-order valence-electron chi connectivity index (χ1n) is 8.52. The molecule has 2 saturated heterocycles. The van der Waals surface area contributed by atoms with Crippen LogP contribution in [0.3, 0.4) is 0 Å². The maximum atomic E-state index is 11.5. The summed E-state index contributed by atoms with van der Waals surface area (Å²) in [6.45, 7) is 12.9. The topological polar surface area (TPSA) is 54.9 Å². The fourth-order valence-electron chi connectivity index (χ4n) is 3.01. The molecule has 6 nitrogen and oxygen atoms in total. The van der Waals surface area contributed by atoms with Gasteiger partial charge in [-0.15, -0.1) is 0 Å². The summed E-state index contributed by atoms with van der Waals surface area (Å²) in [6.07, 6.45) is 1.80. The summed E-state index contributed by atoms with van der Waals surface area (Å²) in [7, 11) is -0.451. The summed E-state index contributed by atoms with van der Waals surface area (Å²) in [5.74, 6) is 0.141. The number of carbonyl (C=O) groups is 1. The van der Waals surface area contributed by atoms with Crippen LogP contribution in [0.15, 0.2) is 18.3 Å². The van der Waals surface area contributed by atoms with Crippen molar-refractivity contribution in [2.45, 2.75) is 45.8 Å². The summed E-state index contributed by atoms with van der Waals surface area (Å²) in [4.78, 5) is 20.1. The van der Waals surface area contributed by atoms with Crippen LogP contribution in [0, 0.1) is 0 Å².